The minimum Gasteiger partial charge on any atom is -0.481 e. The first kappa shape index (κ1) is 15.3. The minimum absolute atomic E-state index is 0.0221. The van der Waals surface area contributed by atoms with Crippen LogP contribution in [0.25, 0.3) is 0 Å². The normalized spacial score (nSPS) is 16.6. The van der Waals surface area contributed by atoms with Gasteiger partial charge in [0, 0.05) is 6.04 Å². The predicted octanol–water partition coefficient (Wildman–Crippen LogP) is 2.28. The highest BCUT2D eigenvalue weighted by Crippen LogP contribution is 2.50. The third-order valence-corrected chi connectivity index (χ3v) is 4.76. The number of amides is 1. The summed E-state index contributed by atoms with van der Waals surface area (Å²) in [4.78, 5) is 22.3. The van der Waals surface area contributed by atoms with E-state index in [0.717, 1.165) is 31.4 Å². The third-order valence-electron chi connectivity index (χ3n) is 3.48. The number of carbonyl (C=O) groups excluding carboxylic acids is 1. The Balaban J connectivity index is 2.17. The van der Waals surface area contributed by atoms with Crippen LogP contribution >= 0.6 is 11.8 Å². The summed E-state index contributed by atoms with van der Waals surface area (Å²) in [6.07, 6.45) is 4.13. The highest BCUT2D eigenvalue weighted by molar-refractivity contribution is 7.99. The third kappa shape index (κ3) is 5.29. The maximum atomic E-state index is 11.7. The molecule has 1 rings (SSSR count). The molecule has 0 saturated heterocycles. The smallest absolute Gasteiger partial charge is 0.303 e. The van der Waals surface area contributed by atoms with Gasteiger partial charge in [-0.2, -0.15) is 11.8 Å². The van der Waals surface area contributed by atoms with E-state index >= 15 is 0 Å². The molecule has 2 N–H and O–H groups in total. The zero-order chi connectivity index (χ0) is 13.6. The second-order valence-electron chi connectivity index (χ2n) is 5.14. The largest absolute Gasteiger partial charge is 0.481 e. The Hall–Kier alpha value is -0.710. The number of aliphatic carboxylic acids is 1. The quantitative estimate of drug-likeness (QED) is 0.676. The number of hydrogen-bond acceptors (Lipinski definition) is 3. The van der Waals surface area contributed by atoms with Gasteiger partial charge < -0.3 is 10.4 Å². The van der Waals surface area contributed by atoms with E-state index in [1.54, 1.807) is 11.8 Å². The van der Waals surface area contributed by atoms with E-state index in [1.165, 1.54) is 0 Å². The summed E-state index contributed by atoms with van der Waals surface area (Å²) in [5, 5.41) is 11.8. The van der Waals surface area contributed by atoms with E-state index in [1.807, 2.05) is 0 Å². The first-order valence-electron chi connectivity index (χ1n) is 6.60. The lowest BCUT2D eigenvalue weighted by Gasteiger charge is -2.15. The molecule has 0 heterocycles. The molecule has 0 aromatic heterocycles. The van der Waals surface area contributed by atoms with Gasteiger partial charge in [0.05, 0.1) is 12.2 Å². The molecule has 5 heteroatoms. The van der Waals surface area contributed by atoms with Gasteiger partial charge in [-0.05, 0) is 36.9 Å². The number of carbonyl (C=O) groups is 2. The maximum Gasteiger partial charge on any atom is 0.303 e. The van der Waals surface area contributed by atoms with Gasteiger partial charge in [-0.15, -0.1) is 0 Å². The Kier molecular flexibility index (Phi) is 5.99. The molecular weight excluding hydrogens is 250 g/mol. The molecule has 104 valence electrons. The lowest BCUT2D eigenvalue weighted by molar-refractivity contribution is -0.138. The van der Waals surface area contributed by atoms with Gasteiger partial charge >= 0.3 is 5.97 Å². The molecule has 1 saturated carbocycles. The van der Waals surface area contributed by atoms with Gasteiger partial charge in [-0.25, -0.2) is 0 Å². The van der Waals surface area contributed by atoms with Crippen LogP contribution in [-0.4, -0.2) is 34.5 Å². The van der Waals surface area contributed by atoms with Crippen molar-refractivity contribution in [1.29, 1.82) is 0 Å². The van der Waals surface area contributed by atoms with Gasteiger partial charge in [0.2, 0.25) is 5.91 Å². The van der Waals surface area contributed by atoms with Crippen LogP contribution < -0.4 is 5.32 Å². The summed E-state index contributed by atoms with van der Waals surface area (Å²) < 4.78 is 0. The SMILES string of the molecule is CCC(CC)NC(=O)CSCC1(CC(=O)O)CC1. The van der Waals surface area contributed by atoms with Crippen molar-refractivity contribution in [3.05, 3.63) is 0 Å². The number of nitrogens with one attached hydrogen (secondary N) is 1. The molecule has 0 radical (unpaired) electrons. The summed E-state index contributed by atoms with van der Waals surface area (Å²) in [6, 6.07) is 0.270. The number of carboxylic acids is 1. The molecule has 0 aromatic carbocycles. The van der Waals surface area contributed by atoms with E-state index in [9.17, 15) is 9.59 Å². The maximum absolute atomic E-state index is 11.7. The second-order valence-corrected chi connectivity index (χ2v) is 6.13. The molecular formula is C13H23NO3S. The van der Waals surface area contributed by atoms with Crippen molar-refractivity contribution in [2.24, 2.45) is 5.41 Å². The van der Waals surface area contributed by atoms with E-state index in [2.05, 4.69) is 19.2 Å². The van der Waals surface area contributed by atoms with Crippen LogP contribution in [0.3, 0.4) is 0 Å². The Labute approximate surface area is 113 Å². The molecule has 1 fully saturated rings. The van der Waals surface area contributed by atoms with Crippen molar-refractivity contribution in [2.45, 2.75) is 52.0 Å². The van der Waals surface area contributed by atoms with Gasteiger partial charge in [0.1, 0.15) is 0 Å². The summed E-state index contributed by atoms with van der Waals surface area (Å²) in [5.41, 5.74) is -0.0221. The van der Waals surface area contributed by atoms with Crippen LogP contribution in [0.15, 0.2) is 0 Å². The van der Waals surface area contributed by atoms with E-state index < -0.39 is 5.97 Å². The number of carboxylic acid groups (broad SMARTS) is 1. The Bertz CT molecular complexity index is 299. The highest BCUT2D eigenvalue weighted by Gasteiger charge is 2.44. The number of hydrogen-bond donors (Lipinski definition) is 2. The van der Waals surface area contributed by atoms with Crippen molar-refractivity contribution >= 4 is 23.6 Å². The molecule has 1 aliphatic rings. The standard InChI is InChI=1S/C13H23NO3S/c1-3-10(4-2)14-11(15)8-18-9-13(5-6-13)7-12(16)17/h10H,3-9H2,1-2H3,(H,14,15)(H,16,17). The number of thioether (sulfide) groups is 1. The van der Waals surface area contributed by atoms with Crippen LogP contribution in [0.4, 0.5) is 0 Å². The molecule has 0 bridgehead atoms. The molecule has 0 unspecified atom stereocenters. The topological polar surface area (TPSA) is 66.4 Å². The summed E-state index contributed by atoms with van der Waals surface area (Å²) in [7, 11) is 0. The van der Waals surface area contributed by atoms with Crippen molar-refractivity contribution in [1.82, 2.24) is 5.32 Å². The molecule has 1 aliphatic carbocycles. The Morgan fingerprint density at radius 2 is 1.94 bits per heavy atom. The van der Waals surface area contributed by atoms with E-state index in [4.69, 9.17) is 5.11 Å². The summed E-state index contributed by atoms with van der Waals surface area (Å²) in [6.45, 7) is 4.13. The monoisotopic (exact) mass is 273 g/mol. The van der Waals surface area contributed by atoms with Crippen LogP contribution in [0.2, 0.25) is 0 Å². The highest BCUT2D eigenvalue weighted by atomic mass is 32.2. The summed E-state index contributed by atoms with van der Waals surface area (Å²) >= 11 is 1.56. The van der Waals surface area contributed by atoms with Crippen molar-refractivity contribution < 1.29 is 14.7 Å². The average Bonchev–Trinajstić information content (AvgIpc) is 3.05. The first-order valence-corrected chi connectivity index (χ1v) is 7.75. The Morgan fingerprint density at radius 3 is 2.39 bits per heavy atom. The minimum atomic E-state index is -0.727. The molecule has 4 nitrogen and oxygen atoms in total. The van der Waals surface area contributed by atoms with E-state index in [0.29, 0.717) is 5.75 Å². The Morgan fingerprint density at radius 1 is 1.33 bits per heavy atom. The average molecular weight is 273 g/mol. The van der Waals surface area contributed by atoms with Gasteiger partial charge in [-0.3, -0.25) is 9.59 Å². The van der Waals surface area contributed by atoms with Crippen LogP contribution in [0, 0.1) is 5.41 Å². The first-order chi connectivity index (χ1) is 8.51. The fourth-order valence-electron chi connectivity index (χ4n) is 1.99. The fraction of sp³-hybridized carbons (Fsp3) is 0.846. The van der Waals surface area contributed by atoms with Gasteiger partial charge in [-0.1, -0.05) is 13.8 Å². The van der Waals surface area contributed by atoms with E-state index in [-0.39, 0.29) is 23.8 Å². The zero-order valence-corrected chi connectivity index (χ0v) is 12.0. The molecule has 0 atom stereocenters. The lowest BCUT2D eigenvalue weighted by Crippen LogP contribution is -2.35. The van der Waals surface area contributed by atoms with Crippen molar-refractivity contribution in [2.75, 3.05) is 11.5 Å². The van der Waals surface area contributed by atoms with Crippen molar-refractivity contribution in [3.8, 4) is 0 Å². The molecule has 0 spiro atoms. The van der Waals surface area contributed by atoms with Gasteiger partial charge in [0.15, 0.2) is 0 Å². The predicted molar refractivity (Wildman–Crippen MR) is 73.8 cm³/mol. The second kappa shape index (κ2) is 7.02. The molecule has 0 aliphatic heterocycles. The molecule has 0 aromatic rings. The summed E-state index contributed by atoms with van der Waals surface area (Å²) in [5.74, 6) is 0.572. The van der Waals surface area contributed by atoms with Crippen LogP contribution in [0.5, 0.6) is 0 Å². The number of rotatable bonds is 9. The lowest BCUT2D eigenvalue weighted by atomic mass is 10.1. The van der Waals surface area contributed by atoms with Crippen LogP contribution in [-0.2, 0) is 9.59 Å². The van der Waals surface area contributed by atoms with Gasteiger partial charge in [0.25, 0.3) is 0 Å². The molecule has 1 amide bonds. The van der Waals surface area contributed by atoms with Crippen LogP contribution in [0.1, 0.15) is 46.0 Å². The fourth-order valence-corrected chi connectivity index (χ4v) is 3.19. The molecule has 18 heavy (non-hydrogen) atoms. The zero-order valence-electron chi connectivity index (χ0n) is 11.2. The van der Waals surface area contributed by atoms with Crippen molar-refractivity contribution in [3.63, 3.8) is 0 Å².